The Balaban J connectivity index is 3.41. The Morgan fingerprint density at radius 1 is 1.78 bits per heavy atom. The first-order valence-electron chi connectivity index (χ1n) is 2.53. The zero-order valence-electron chi connectivity index (χ0n) is 4.87. The molecule has 0 amide bonds. The molecule has 0 fully saturated rings. The zero-order valence-corrected chi connectivity index (χ0v) is 4.87. The molecular formula is C6H8O3. The Bertz CT molecular complexity index is 134. The summed E-state index contributed by atoms with van der Waals surface area (Å²) in [5.41, 5.74) is 0. The predicted octanol–water partition coefficient (Wildman–Crippen LogP) is -0.155. The van der Waals surface area contributed by atoms with E-state index in [-0.39, 0.29) is 6.42 Å². The van der Waals surface area contributed by atoms with Crippen molar-refractivity contribution in [2.45, 2.75) is 18.9 Å². The highest BCUT2D eigenvalue weighted by molar-refractivity contribution is 5.71. The smallest absolute Gasteiger partial charge is 0.332 e. The van der Waals surface area contributed by atoms with Gasteiger partial charge in [-0.1, -0.05) is 0 Å². The number of rotatable bonds is 3. The number of hydrogen-bond donors (Lipinski definition) is 2. The van der Waals surface area contributed by atoms with E-state index in [1.54, 1.807) is 0 Å². The molecule has 0 aliphatic heterocycles. The maximum Gasteiger partial charge on any atom is 0.332 e. The van der Waals surface area contributed by atoms with Crippen LogP contribution in [0.5, 0.6) is 0 Å². The molecule has 0 aliphatic rings. The van der Waals surface area contributed by atoms with Crippen LogP contribution in [0, 0.1) is 12.3 Å². The SMILES string of the molecule is C#CCCC(O)C(=O)O. The summed E-state index contributed by atoms with van der Waals surface area (Å²) in [6, 6.07) is 0. The Labute approximate surface area is 53.3 Å². The van der Waals surface area contributed by atoms with E-state index in [1.165, 1.54) is 0 Å². The quantitative estimate of drug-likeness (QED) is 0.519. The van der Waals surface area contributed by atoms with E-state index in [2.05, 4.69) is 5.92 Å². The maximum absolute atomic E-state index is 9.89. The Hall–Kier alpha value is -1.01. The molecule has 0 aromatic carbocycles. The lowest BCUT2D eigenvalue weighted by Crippen LogP contribution is -2.18. The van der Waals surface area contributed by atoms with Crippen molar-refractivity contribution in [2.24, 2.45) is 0 Å². The lowest BCUT2D eigenvalue weighted by molar-refractivity contribution is -0.146. The molecule has 0 aromatic rings. The molecule has 3 heteroatoms. The second-order valence-corrected chi connectivity index (χ2v) is 1.60. The standard InChI is InChI=1S/C6H8O3/c1-2-3-4-5(7)6(8)9/h1,5,7H,3-4H2,(H,8,9). The third kappa shape index (κ3) is 3.56. The number of carbonyl (C=O) groups is 1. The van der Waals surface area contributed by atoms with Gasteiger partial charge in [-0.25, -0.2) is 4.79 Å². The summed E-state index contributed by atoms with van der Waals surface area (Å²) in [5, 5.41) is 16.7. The van der Waals surface area contributed by atoms with Crippen molar-refractivity contribution in [2.75, 3.05) is 0 Å². The van der Waals surface area contributed by atoms with E-state index < -0.39 is 12.1 Å². The molecule has 0 aromatic heterocycles. The summed E-state index contributed by atoms with van der Waals surface area (Å²) in [4.78, 5) is 9.89. The van der Waals surface area contributed by atoms with Crippen LogP contribution < -0.4 is 0 Å². The van der Waals surface area contributed by atoms with Crippen LogP contribution in [0.1, 0.15) is 12.8 Å². The minimum Gasteiger partial charge on any atom is -0.479 e. The molecule has 1 atom stereocenters. The van der Waals surface area contributed by atoms with Crippen LogP contribution in [-0.4, -0.2) is 22.3 Å². The fraction of sp³-hybridized carbons (Fsp3) is 0.500. The van der Waals surface area contributed by atoms with Crippen molar-refractivity contribution in [3.8, 4) is 12.3 Å². The number of aliphatic carboxylic acids is 1. The zero-order chi connectivity index (χ0) is 7.28. The minimum absolute atomic E-state index is 0.131. The molecule has 0 radical (unpaired) electrons. The van der Waals surface area contributed by atoms with Crippen molar-refractivity contribution >= 4 is 5.97 Å². The van der Waals surface area contributed by atoms with Crippen LogP contribution in [0.25, 0.3) is 0 Å². The predicted molar refractivity (Wildman–Crippen MR) is 31.7 cm³/mol. The maximum atomic E-state index is 9.89. The first-order valence-corrected chi connectivity index (χ1v) is 2.53. The molecule has 0 spiro atoms. The second-order valence-electron chi connectivity index (χ2n) is 1.60. The van der Waals surface area contributed by atoms with Crippen LogP contribution in [-0.2, 0) is 4.79 Å². The van der Waals surface area contributed by atoms with Gasteiger partial charge in [0.05, 0.1) is 0 Å². The molecule has 0 rings (SSSR count). The highest BCUT2D eigenvalue weighted by Gasteiger charge is 2.10. The number of terminal acetylenes is 1. The molecule has 2 N–H and O–H groups in total. The summed E-state index contributed by atoms with van der Waals surface area (Å²) in [6.07, 6.45) is 3.95. The summed E-state index contributed by atoms with van der Waals surface area (Å²) in [5.74, 6) is 1.01. The molecule has 50 valence electrons. The Kier molecular flexibility index (Phi) is 3.49. The van der Waals surface area contributed by atoms with Gasteiger partial charge in [0.15, 0.2) is 6.10 Å². The second kappa shape index (κ2) is 3.93. The molecule has 0 aliphatic carbocycles. The average Bonchev–Trinajstić information content (AvgIpc) is 1.82. The number of carboxylic acid groups (broad SMARTS) is 1. The van der Waals surface area contributed by atoms with Gasteiger partial charge in [0.25, 0.3) is 0 Å². The molecule has 9 heavy (non-hydrogen) atoms. The summed E-state index contributed by atoms with van der Waals surface area (Å²) in [6.45, 7) is 0. The van der Waals surface area contributed by atoms with Gasteiger partial charge in [-0.3, -0.25) is 0 Å². The third-order valence-electron chi connectivity index (χ3n) is 0.847. The van der Waals surface area contributed by atoms with Crippen LogP contribution in [0.2, 0.25) is 0 Å². The van der Waals surface area contributed by atoms with Gasteiger partial charge in [0.2, 0.25) is 0 Å². The largest absolute Gasteiger partial charge is 0.479 e. The van der Waals surface area contributed by atoms with Gasteiger partial charge < -0.3 is 10.2 Å². The molecule has 0 saturated heterocycles. The fourth-order valence-electron chi connectivity index (χ4n) is 0.344. The lowest BCUT2D eigenvalue weighted by Gasteiger charge is -1.99. The highest BCUT2D eigenvalue weighted by atomic mass is 16.4. The normalized spacial score (nSPS) is 12.0. The van der Waals surface area contributed by atoms with Crippen molar-refractivity contribution in [1.29, 1.82) is 0 Å². The van der Waals surface area contributed by atoms with Crippen molar-refractivity contribution in [3.63, 3.8) is 0 Å². The average molecular weight is 128 g/mol. The lowest BCUT2D eigenvalue weighted by atomic mass is 10.2. The van der Waals surface area contributed by atoms with Crippen molar-refractivity contribution in [1.82, 2.24) is 0 Å². The van der Waals surface area contributed by atoms with E-state index in [0.29, 0.717) is 6.42 Å². The summed E-state index contributed by atoms with van der Waals surface area (Å²) >= 11 is 0. The van der Waals surface area contributed by atoms with Crippen molar-refractivity contribution < 1.29 is 15.0 Å². The molecular weight excluding hydrogens is 120 g/mol. The van der Waals surface area contributed by atoms with Crippen molar-refractivity contribution in [3.05, 3.63) is 0 Å². The fourth-order valence-corrected chi connectivity index (χ4v) is 0.344. The Morgan fingerprint density at radius 3 is 2.67 bits per heavy atom. The van der Waals surface area contributed by atoms with Crippen LogP contribution in [0.3, 0.4) is 0 Å². The van der Waals surface area contributed by atoms with Gasteiger partial charge in [-0.2, -0.15) is 0 Å². The first kappa shape index (κ1) is 7.99. The number of hydrogen-bond acceptors (Lipinski definition) is 2. The van der Waals surface area contributed by atoms with Gasteiger partial charge >= 0.3 is 5.97 Å². The van der Waals surface area contributed by atoms with Crippen LogP contribution >= 0.6 is 0 Å². The van der Waals surface area contributed by atoms with E-state index in [4.69, 9.17) is 16.6 Å². The van der Waals surface area contributed by atoms with Gasteiger partial charge in [0, 0.05) is 6.42 Å². The van der Waals surface area contributed by atoms with E-state index in [1.807, 2.05) is 0 Å². The minimum atomic E-state index is -1.30. The molecule has 0 saturated carbocycles. The van der Waals surface area contributed by atoms with Crippen LogP contribution in [0.15, 0.2) is 0 Å². The monoisotopic (exact) mass is 128 g/mol. The number of aliphatic hydroxyl groups is 1. The van der Waals surface area contributed by atoms with Gasteiger partial charge in [-0.15, -0.1) is 12.3 Å². The van der Waals surface area contributed by atoms with Gasteiger partial charge in [0.1, 0.15) is 0 Å². The molecule has 0 bridgehead atoms. The van der Waals surface area contributed by atoms with E-state index in [9.17, 15) is 4.79 Å². The number of aliphatic hydroxyl groups excluding tert-OH is 1. The molecule has 3 nitrogen and oxygen atoms in total. The summed E-state index contributed by atoms with van der Waals surface area (Å²) < 4.78 is 0. The topological polar surface area (TPSA) is 57.5 Å². The summed E-state index contributed by atoms with van der Waals surface area (Å²) in [7, 11) is 0. The first-order chi connectivity index (χ1) is 4.18. The molecule has 1 unspecified atom stereocenters. The van der Waals surface area contributed by atoms with E-state index >= 15 is 0 Å². The third-order valence-corrected chi connectivity index (χ3v) is 0.847. The van der Waals surface area contributed by atoms with Gasteiger partial charge in [-0.05, 0) is 6.42 Å². The highest BCUT2D eigenvalue weighted by Crippen LogP contribution is 1.94. The number of carboxylic acids is 1. The van der Waals surface area contributed by atoms with Crippen LogP contribution in [0.4, 0.5) is 0 Å². The Morgan fingerprint density at radius 2 is 2.33 bits per heavy atom. The van der Waals surface area contributed by atoms with E-state index in [0.717, 1.165) is 0 Å². The molecule has 0 heterocycles.